The molecular weight excluding hydrogens is 248 g/mol. The van der Waals surface area contributed by atoms with E-state index in [9.17, 15) is 0 Å². The number of thiazole rings is 1. The number of nitrogens with zero attached hydrogens (tertiary/aromatic N) is 1. The number of aromatic nitrogens is 1. The summed E-state index contributed by atoms with van der Waals surface area (Å²) in [4.78, 5) is 5.79. The van der Waals surface area contributed by atoms with Crippen molar-refractivity contribution in [3.8, 4) is 0 Å². The first-order valence-electron chi connectivity index (χ1n) is 5.09. The predicted molar refractivity (Wildman–Crippen MR) is 67.4 cm³/mol. The van der Waals surface area contributed by atoms with Crippen molar-refractivity contribution in [2.24, 2.45) is 0 Å². The van der Waals surface area contributed by atoms with Crippen LogP contribution >= 0.6 is 34.3 Å². The Kier molecular flexibility index (Phi) is 2.68. The number of fused-ring (bicyclic) bond motifs is 1. The topological polar surface area (TPSA) is 24.9 Å². The Hall–Kier alpha value is -0.160. The minimum atomic E-state index is 0.662. The second-order valence-electron chi connectivity index (χ2n) is 3.80. The Bertz CT molecular complexity index is 439. The lowest BCUT2D eigenvalue weighted by Gasteiger charge is -2.20. The van der Waals surface area contributed by atoms with E-state index in [1.807, 2.05) is 17.4 Å². The quantitative estimate of drug-likeness (QED) is 0.847. The summed E-state index contributed by atoms with van der Waals surface area (Å²) in [5.41, 5.74) is 0. The number of thiophene rings is 1. The number of nitrogens with one attached hydrogen (secondary N) is 1. The van der Waals surface area contributed by atoms with Crippen LogP contribution in [0.2, 0.25) is 4.34 Å². The first-order valence-corrected chi connectivity index (χ1v) is 7.10. The molecule has 1 aliphatic rings. The molecule has 3 rings (SSSR count). The molecule has 0 amide bonds. The second kappa shape index (κ2) is 4.01. The standard InChI is InChI=1S/C10H11ClN2S2/c11-8-5-7-10(15-8)13-9(14-7)6-1-3-12-4-2-6/h5-6,12H,1-4H2. The van der Waals surface area contributed by atoms with Gasteiger partial charge in [0.05, 0.1) is 14.0 Å². The van der Waals surface area contributed by atoms with Crippen LogP contribution in [-0.2, 0) is 0 Å². The number of rotatable bonds is 1. The Labute approximate surface area is 101 Å². The van der Waals surface area contributed by atoms with Gasteiger partial charge < -0.3 is 5.32 Å². The van der Waals surface area contributed by atoms with Gasteiger partial charge in [-0.05, 0) is 32.0 Å². The molecule has 0 aliphatic carbocycles. The van der Waals surface area contributed by atoms with Crippen LogP contribution in [0.3, 0.4) is 0 Å². The number of hydrogen-bond acceptors (Lipinski definition) is 4. The second-order valence-corrected chi connectivity index (χ2v) is 6.52. The van der Waals surface area contributed by atoms with Crippen molar-refractivity contribution < 1.29 is 0 Å². The van der Waals surface area contributed by atoms with Crippen molar-refractivity contribution in [3.63, 3.8) is 0 Å². The van der Waals surface area contributed by atoms with Crippen molar-refractivity contribution >= 4 is 43.8 Å². The summed E-state index contributed by atoms with van der Waals surface area (Å²) in [6.45, 7) is 2.25. The normalized spacial score (nSPS) is 18.7. The third-order valence-corrected chi connectivity index (χ3v) is 5.22. The first-order chi connectivity index (χ1) is 7.33. The molecular formula is C10H11ClN2S2. The van der Waals surface area contributed by atoms with Crippen LogP contribution in [0.15, 0.2) is 6.07 Å². The monoisotopic (exact) mass is 258 g/mol. The van der Waals surface area contributed by atoms with Gasteiger partial charge in [0.2, 0.25) is 0 Å². The zero-order valence-corrected chi connectivity index (χ0v) is 10.5. The van der Waals surface area contributed by atoms with Gasteiger partial charge in [0.25, 0.3) is 0 Å². The van der Waals surface area contributed by atoms with Crippen LogP contribution in [0.4, 0.5) is 0 Å². The molecule has 0 atom stereocenters. The lowest BCUT2D eigenvalue weighted by Crippen LogP contribution is -2.26. The highest BCUT2D eigenvalue weighted by atomic mass is 35.5. The van der Waals surface area contributed by atoms with E-state index < -0.39 is 0 Å². The molecule has 5 heteroatoms. The molecule has 0 unspecified atom stereocenters. The maximum absolute atomic E-state index is 5.94. The van der Waals surface area contributed by atoms with Gasteiger partial charge >= 0.3 is 0 Å². The van der Waals surface area contributed by atoms with Crippen LogP contribution in [0, 0.1) is 0 Å². The van der Waals surface area contributed by atoms with Gasteiger partial charge in [-0.3, -0.25) is 0 Å². The third kappa shape index (κ3) is 1.91. The van der Waals surface area contributed by atoms with Crippen LogP contribution in [-0.4, -0.2) is 18.1 Å². The number of hydrogen-bond donors (Lipinski definition) is 1. The Balaban J connectivity index is 1.93. The van der Waals surface area contributed by atoms with Gasteiger partial charge in [0.1, 0.15) is 4.83 Å². The fourth-order valence-electron chi connectivity index (χ4n) is 1.97. The molecule has 2 aromatic heterocycles. The summed E-state index contributed by atoms with van der Waals surface area (Å²) in [6, 6.07) is 2.03. The largest absolute Gasteiger partial charge is 0.317 e. The molecule has 1 aliphatic heterocycles. The molecule has 3 heterocycles. The molecule has 15 heavy (non-hydrogen) atoms. The molecule has 0 radical (unpaired) electrons. The summed E-state index contributed by atoms with van der Waals surface area (Å²) in [5.74, 6) is 0.662. The Morgan fingerprint density at radius 1 is 1.33 bits per heavy atom. The van der Waals surface area contributed by atoms with Crippen molar-refractivity contribution in [3.05, 3.63) is 15.4 Å². The Morgan fingerprint density at radius 3 is 2.87 bits per heavy atom. The van der Waals surface area contributed by atoms with Crippen molar-refractivity contribution in [1.82, 2.24) is 10.3 Å². The lowest BCUT2D eigenvalue weighted by molar-refractivity contribution is 0.459. The average molecular weight is 259 g/mol. The van der Waals surface area contributed by atoms with Crippen LogP contribution < -0.4 is 5.32 Å². The van der Waals surface area contributed by atoms with Crippen LogP contribution in [0.25, 0.3) is 9.53 Å². The van der Waals surface area contributed by atoms with Crippen LogP contribution in [0.5, 0.6) is 0 Å². The van der Waals surface area contributed by atoms with Gasteiger partial charge in [0.15, 0.2) is 0 Å². The third-order valence-electron chi connectivity index (χ3n) is 2.76. The van der Waals surface area contributed by atoms with Gasteiger partial charge in [-0.25, -0.2) is 4.98 Å². The zero-order valence-electron chi connectivity index (χ0n) is 8.12. The van der Waals surface area contributed by atoms with Gasteiger partial charge in [-0.2, -0.15) is 0 Å². The van der Waals surface area contributed by atoms with E-state index in [2.05, 4.69) is 10.3 Å². The maximum Gasteiger partial charge on any atom is 0.136 e. The molecule has 80 valence electrons. The van der Waals surface area contributed by atoms with E-state index in [4.69, 9.17) is 11.6 Å². The lowest BCUT2D eigenvalue weighted by atomic mass is 9.99. The maximum atomic E-state index is 5.94. The first kappa shape index (κ1) is 10.0. The SMILES string of the molecule is Clc1cc2sc(C3CCNCC3)nc2s1. The number of piperidine rings is 1. The van der Waals surface area contributed by atoms with E-state index in [0.717, 1.165) is 22.3 Å². The van der Waals surface area contributed by atoms with Gasteiger partial charge in [-0.15, -0.1) is 22.7 Å². The summed E-state index contributed by atoms with van der Waals surface area (Å²) in [7, 11) is 0. The van der Waals surface area contributed by atoms with Gasteiger partial charge in [0, 0.05) is 5.92 Å². The predicted octanol–water partition coefficient (Wildman–Crippen LogP) is 3.48. The van der Waals surface area contributed by atoms with Gasteiger partial charge in [-0.1, -0.05) is 11.6 Å². The molecule has 2 aromatic rings. The van der Waals surface area contributed by atoms with Crippen LogP contribution in [0.1, 0.15) is 23.8 Å². The van der Waals surface area contributed by atoms with E-state index in [0.29, 0.717) is 5.92 Å². The summed E-state index contributed by atoms with van der Waals surface area (Å²) >= 11 is 9.34. The van der Waals surface area contributed by atoms with E-state index >= 15 is 0 Å². The van der Waals surface area contributed by atoms with E-state index in [-0.39, 0.29) is 0 Å². The minimum Gasteiger partial charge on any atom is -0.317 e. The molecule has 0 aromatic carbocycles. The van der Waals surface area contributed by atoms with E-state index in [1.165, 1.54) is 22.5 Å². The molecule has 2 nitrogen and oxygen atoms in total. The molecule has 0 saturated carbocycles. The highest BCUT2D eigenvalue weighted by Crippen LogP contribution is 2.37. The molecule has 0 bridgehead atoms. The number of halogens is 1. The smallest absolute Gasteiger partial charge is 0.136 e. The molecule has 0 spiro atoms. The fraction of sp³-hybridized carbons (Fsp3) is 0.500. The summed E-state index contributed by atoms with van der Waals surface area (Å²) < 4.78 is 2.10. The highest BCUT2D eigenvalue weighted by Gasteiger charge is 2.19. The molecule has 1 fully saturated rings. The van der Waals surface area contributed by atoms with E-state index in [1.54, 1.807) is 11.3 Å². The average Bonchev–Trinajstić information content (AvgIpc) is 2.76. The fourth-order valence-corrected chi connectivity index (χ4v) is 4.48. The zero-order chi connectivity index (χ0) is 10.3. The van der Waals surface area contributed by atoms with Crippen molar-refractivity contribution in [2.75, 3.05) is 13.1 Å². The Morgan fingerprint density at radius 2 is 2.13 bits per heavy atom. The summed E-state index contributed by atoms with van der Waals surface area (Å²) in [6.07, 6.45) is 2.43. The molecule has 1 saturated heterocycles. The molecule has 1 N–H and O–H groups in total. The minimum absolute atomic E-state index is 0.662. The van der Waals surface area contributed by atoms with Crippen molar-refractivity contribution in [2.45, 2.75) is 18.8 Å². The van der Waals surface area contributed by atoms with Crippen molar-refractivity contribution in [1.29, 1.82) is 0 Å². The summed E-state index contributed by atoms with van der Waals surface area (Å²) in [5, 5.41) is 4.68. The highest BCUT2D eigenvalue weighted by molar-refractivity contribution is 7.29.